The first-order valence-corrected chi connectivity index (χ1v) is 10.2. The largest absolute Gasteiger partial charge is 0.495 e. The van der Waals surface area contributed by atoms with Gasteiger partial charge in [0.05, 0.1) is 24.1 Å². The molecule has 26 heavy (non-hydrogen) atoms. The van der Waals surface area contributed by atoms with Gasteiger partial charge in [-0.1, -0.05) is 28.1 Å². The number of methoxy groups -OCH3 is 1. The first-order chi connectivity index (χ1) is 12.2. The van der Waals surface area contributed by atoms with E-state index in [-0.39, 0.29) is 23.3 Å². The zero-order valence-corrected chi connectivity index (χ0v) is 17.1. The van der Waals surface area contributed by atoms with Crippen LogP contribution < -0.4 is 14.8 Å². The lowest BCUT2D eigenvalue weighted by Gasteiger charge is -2.14. The number of sulfonamides is 1. The highest BCUT2D eigenvalue weighted by atomic mass is 79.9. The fraction of sp³-hybridized carbons (Fsp3) is 0.278. The number of halogens is 1. The van der Waals surface area contributed by atoms with Crippen LogP contribution in [-0.2, 0) is 21.2 Å². The summed E-state index contributed by atoms with van der Waals surface area (Å²) in [5.41, 5.74) is 1.14. The Balaban J connectivity index is 2.24. The van der Waals surface area contributed by atoms with Crippen LogP contribution in [0, 0.1) is 0 Å². The van der Waals surface area contributed by atoms with E-state index in [0.717, 1.165) is 10.0 Å². The third-order valence-corrected chi connectivity index (χ3v) is 5.55. The molecule has 140 valence electrons. The molecule has 0 aliphatic heterocycles. The average molecular weight is 441 g/mol. The van der Waals surface area contributed by atoms with Crippen molar-refractivity contribution < 1.29 is 17.9 Å². The zero-order chi connectivity index (χ0) is 19.3. The van der Waals surface area contributed by atoms with Gasteiger partial charge in [0.25, 0.3) is 0 Å². The van der Waals surface area contributed by atoms with Crippen LogP contribution in [0.4, 0.5) is 5.69 Å². The van der Waals surface area contributed by atoms with Gasteiger partial charge < -0.3 is 10.1 Å². The summed E-state index contributed by atoms with van der Waals surface area (Å²) in [6.07, 6.45) is 0.157. The Bertz CT molecular complexity index is 898. The molecule has 0 radical (unpaired) electrons. The molecule has 2 aromatic rings. The quantitative estimate of drug-likeness (QED) is 0.691. The van der Waals surface area contributed by atoms with E-state index in [0.29, 0.717) is 11.4 Å². The van der Waals surface area contributed by atoms with Gasteiger partial charge in [-0.05, 0) is 49.7 Å². The maximum Gasteiger partial charge on any atom is 0.240 e. The molecule has 0 saturated heterocycles. The number of hydrogen-bond donors (Lipinski definition) is 2. The number of carbonyl (C=O) groups is 1. The van der Waals surface area contributed by atoms with E-state index in [9.17, 15) is 13.2 Å². The molecular formula is C18H21BrN2O4S. The summed E-state index contributed by atoms with van der Waals surface area (Å²) in [6.45, 7) is 3.48. The van der Waals surface area contributed by atoms with Crippen LogP contribution >= 0.6 is 15.9 Å². The highest BCUT2D eigenvalue weighted by Gasteiger charge is 2.18. The minimum Gasteiger partial charge on any atom is -0.495 e. The number of nitrogens with one attached hydrogen (secondary N) is 2. The number of hydrogen-bond acceptors (Lipinski definition) is 4. The molecule has 0 heterocycles. The maximum atomic E-state index is 12.4. The zero-order valence-electron chi connectivity index (χ0n) is 14.7. The summed E-state index contributed by atoms with van der Waals surface area (Å²) in [4.78, 5) is 12.4. The topological polar surface area (TPSA) is 84.5 Å². The first kappa shape index (κ1) is 20.4. The van der Waals surface area contributed by atoms with E-state index in [1.807, 2.05) is 24.3 Å². The SMILES string of the molecule is COc1ccc(S(=O)(=O)NC(C)C)cc1NC(=O)Cc1cccc(Br)c1. The van der Waals surface area contributed by atoms with Gasteiger partial charge in [0.15, 0.2) is 0 Å². The van der Waals surface area contributed by atoms with Crippen molar-refractivity contribution in [2.75, 3.05) is 12.4 Å². The van der Waals surface area contributed by atoms with E-state index in [4.69, 9.17) is 4.74 Å². The standard InChI is InChI=1S/C18H21BrN2O4S/c1-12(2)21-26(23,24)15-7-8-17(25-3)16(11-15)20-18(22)10-13-5-4-6-14(19)9-13/h4-9,11-12,21H,10H2,1-3H3,(H,20,22). The minimum absolute atomic E-state index is 0.0600. The van der Waals surface area contributed by atoms with Gasteiger partial charge in [0.1, 0.15) is 5.75 Å². The fourth-order valence-corrected chi connectivity index (χ4v) is 4.08. The maximum absolute atomic E-state index is 12.4. The molecular weight excluding hydrogens is 420 g/mol. The fourth-order valence-electron chi connectivity index (χ4n) is 2.36. The molecule has 2 aromatic carbocycles. The van der Waals surface area contributed by atoms with Gasteiger partial charge in [0.2, 0.25) is 15.9 Å². The van der Waals surface area contributed by atoms with E-state index >= 15 is 0 Å². The average Bonchev–Trinajstić information content (AvgIpc) is 2.53. The first-order valence-electron chi connectivity index (χ1n) is 7.96. The monoisotopic (exact) mass is 440 g/mol. The Kier molecular flexibility index (Phi) is 6.80. The van der Waals surface area contributed by atoms with Crippen LogP contribution in [0.2, 0.25) is 0 Å². The molecule has 0 atom stereocenters. The van der Waals surface area contributed by atoms with Crippen molar-refractivity contribution in [2.45, 2.75) is 31.2 Å². The van der Waals surface area contributed by atoms with Crippen molar-refractivity contribution in [3.05, 3.63) is 52.5 Å². The number of rotatable bonds is 7. The van der Waals surface area contributed by atoms with E-state index < -0.39 is 10.0 Å². The van der Waals surface area contributed by atoms with Gasteiger partial charge in [0, 0.05) is 10.5 Å². The normalized spacial score (nSPS) is 11.4. The Labute approximate surface area is 162 Å². The number of amides is 1. The Morgan fingerprint density at radius 3 is 2.54 bits per heavy atom. The van der Waals surface area contributed by atoms with Crippen molar-refractivity contribution in [1.82, 2.24) is 4.72 Å². The summed E-state index contributed by atoms with van der Waals surface area (Å²) in [5, 5.41) is 2.72. The highest BCUT2D eigenvalue weighted by Crippen LogP contribution is 2.28. The Morgan fingerprint density at radius 2 is 1.92 bits per heavy atom. The van der Waals surface area contributed by atoms with Gasteiger partial charge in [-0.2, -0.15) is 0 Å². The molecule has 0 fully saturated rings. The van der Waals surface area contributed by atoms with Crippen LogP contribution in [0.25, 0.3) is 0 Å². The third kappa shape index (κ3) is 5.55. The number of carbonyl (C=O) groups excluding carboxylic acids is 1. The predicted molar refractivity (Wildman–Crippen MR) is 105 cm³/mol. The second-order valence-electron chi connectivity index (χ2n) is 5.99. The van der Waals surface area contributed by atoms with Crippen molar-refractivity contribution in [1.29, 1.82) is 0 Å². The number of benzene rings is 2. The predicted octanol–water partition coefficient (Wildman–Crippen LogP) is 3.33. The van der Waals surface area contributed by atoms with Crippen LogP contribution in [-0.4, -0.2) is 27.5 Å². The second kappa shape index (κ2) is 8.66. The lowest BCUT2D eigenvalue weighted by Crippen LogP contribution is -2.30. The van der Waals surface area contributed by atoms with E-state index in [2.05, 4.69) is 26.0 Å². The van der Waals surface area contributed by atoms with Gasteiger partial charge in [-0.25, -0.2) is 13.1 Å². The van der Waals surface area contributed by atoms with Crippen LogP contribution in [0.3, 0.4) is 0 Å². The number of ether oxygens (including phenoxy) is 1. The summed E-state index contributed by atoms with van der Waals surface area (Å²) in [5.74, 6) is 0.115. The van der Waals surface area contributed by atoms with Crippen LogP contribution in [0.15, 0.2) is 51.8 Å². The lowest BCUT2D eigenvalue weighted by molar-refractivity contribution is -0.115. The number of anilines is 1. The van der Waals surface area contributed by atoms with Crippen LogP contribution in [0.1, 0.15) is 19.4 Å². The Hall–Kier alpha value is -1.90. The molecule has 2 N–H and O–H groups in total. The smallest absolute Gasteiger partial charge is 0.240 e. The molecule has 0 unspecified atom stereocenters. The molecule has 0 bridgehead atoms. The molecule has 8 heteroatoms. The molecule has 0 aromatic heterocycles. The van der Waals surface area contributed by atoms with Gasteiger partial charge in [-0.3, -0.25) is 4.79 Å². The molecule has 0 saturated carbocycles. The molecule has 0 aliphatic rings. The summed E-state index contributed by atoms with van der Waals surface area (Å²) in [6, 6.07) is 11.5. The van der Waals surface area contributed by atoms with Crippen molar-refractivity contribution in [3.8, 4) is 5.75 Å². The highest BCUT2D eigenvalue weighted by molar-refractivity contribution is 9.10. The van der Waals surface area contributed by atoms with E-state index in [1.54, 1.807) is 13.8 Å². The van der Waals surface area contributed by atoms with Crippen molar-refractivity contribution in [3.63, 3.8) is 0 Å². The summed E-state index contributed by atoms with van der Waals surface area (Å²) < 4.78 is 33.3. The van der Waals surface area contributed by atoms with E-state index in [1.165, 1.54) is 25.3 Å². The molecule has 0 aliphatic carbocycles. The molecule has 6 nitrogen and oxygen atoms in total. The summed E-state index contributed by atoms with van der Waals surface area (Å²) >= 11 is 3.37. The van der Waals surface area contributed by atoms with Gasteiger partial charge >= 0.3 is 0 Å². The third-order valence-electron chi connectivity index (χ3n) is 3.40. The summed E-state index contributed by atoms with van der Waals surface area (Å²) in [7, 11) is -2.21. The molecule has 0 spiro atoms. The van der Waals surface area contributed by atoms with Gasteiger partial charge in [-0.15, -0.1) is 0 Å². The van der Waals surface area contributed by atoms with Crippen molar-refractivity contribution in [2.24, 2.45) is 0 Å². The molecule has 1 amide bonds. The van der Waals surface area contributed by atoms with Crippen molar-refractivity contribution >= 4 is 37.5 Å². The second-order valence-corrected chi connectivity index (χ2v) is 8.62. The van der Waals surface area contributed by atoms with Crippen LogP contribution in [0.5, 0.6) is 5.75 Å². The lowest BCUT2D eigenvalue weighted by atomic mass is 10.1. The Morgan fingerprint density at radius 1 is 1.19 bits per heavy atom. The minimum atomic E-state index is -3.67. The molecule has 2 rings (SSSR count).